The van der Waals surface area contributed by atoms with Gasteiger partial charge >= 0.3 is 11.9 Å². The van der Waals surface area contributed by atoms with Gasteiger partial charge < -0.3 is 9.84 Å². The van der Waals surface area contributed by atoms with Gasteiger partial charge in [-0.05, 0) is 82.2 Å². The normalized spacial score (nSPS) is 16.2. The zero-order valence-corrected chi connectivity index (χ0v) is 32.6. The Bertz CT molecular complexity index is 969. The summed E-state index contributed by atoms with van der Waals surface area (Å²) in [6, 6.07) is 7.41. The topological polar surface area (TPSA) is 75.6 Å². The van der Waals surface area contributed by atoms with E-state index in [-0.39, 0.29) is 23.0 Å². The molecular formula is C41H73NO4S. The summed E-state index contributed by atoms with van der Waals surface area (Å²) in [7, 11) is 0. The number of hydrogen-bond donors (Lipinski definition) is 2. The number of carbonyl (C=O) groups is 2. The lowest BCUT2D eigenvalue weighted by Crippen LogP contribution is -2.44. The predicted octanol–water partition coefficient (Wildman–Crippen LogP) is 12.5. The molecule has 1 rings (SSSR count). The Morgan fingerprint density at radius 2 is 1.23 bits per heavy atom. The lowest BCUT2D eigenvalue weighted by molar-refractivity contribution is -0.161. The van der Waals surface area contributed by atoms with Gasteiger partial charge in [-0.3, -0.25) is 10.1 Å². The quantitative estimate of drug-likeness (QED) is 0.0500. The van der Waals surface area contributed by atoms with Gasteiger partial charge in [-0.15, -0.1) is 11.8 Å². The first-order valence-electron chi connectivity index (χ1n) is 19.4. The van der Waals surface area contributed by atoms with Gasteiger partial charge in [0.15, 0.2) is 0 Å². The van der Waals surface area contributed by atoms with Crippen molar-refractivity contribution >= 4 is 23.7 Å². The second-order valence-corrected chi connectivity index (χ2v) is 16.1. The third-order valence-corrected chi connectivity index (χ3v) is 11.3. The molecule has 0 fully saturated rings. The van der Waals surface area contributed by atoms with Gasteiger partial charge in [0.05, 0.1) is 22.5 Å². The highest BCUT2D eigenvalue weighted by atomic mass is 32.2. The summed E-state index contributed by atoms with van der Waals surface area (Å²) in [5, 5.41) is 13.6. The Balaban J connectivity index is 2.97. The van der Waals surface area contributed by atoms with E-state index in [0.29, 0.717) is 11.5 Å². The Labute approximate surface area is 294 Å². The van der Waals surface area contributed by atoms with E-state index in [9.17, 15) is 14.7 Å². The molecular weight excluding hydrogens is 603 g/mol. The first-order valence-corrected chi connectivity index (χ1v) is 20.4. The van der Waals surface area contributed by atoms with Crippen molar-refractivity contribution in [1.29, 1.82) is 0 Å². The molecule has 0 aliphatic carbocycles. The Kier molecular flexibility index (Phi) is 22.7. The molecule has 0 aromatic heterocycles. The van der Waals surface area contributed by atoms with E-state index in [0.717, 1.165) is 62.7 Å². The Hall–Kier alpha value is -1.53. The van der Waals surface area contributed by atoms with Gasteiger partial charge in [0.25, 0.3) is 0 Å². The number of ether oxygens (including phenoxy) is 1. The number of carboxylic acids is 1. The van der Waals surface area contributed by atoms with E-state index in [1.807, 2.05) is 23.9 Å². The van der Waals surface area contributed by atoms with E-state index < -0.39 is 11.4 Å². The highest BCUT2D eigenvalue weighted by Gasteiger charge is 2.35. The molecule has 47 heavy (non-hydrogen) atoms. The van der Waals surface area contributed by atoms with Crippen molar-refractivity contribution in [1.82, 2.24) is 5.32 Å². The fraction of sp³-hybridized carbons (Fsp3) is 0.805. The van der Waals surface area contributed by atoms with Crippen molar-refractivity contribution < 1.29 is 19.4 Å². The maximum Gasteiger partial charge on any atom is 0.335 e. The molecule has 1 aromatic carbocycles. The second kappa shape index (κ2) is 24.6. The highest BCUT2D eigenvalue weighted by molar-refractivity contribution is 7.99. The third-order valence-electron chi connectivity index (χ3n) is 9.85. The highest BCUT2D eigenvalue weighted by Crippen LogP contribution is 2.36. The summed E-state index contributed by atoms with van der Waals surface area (Å²) in [5.74, 6) is 0.370. The lowest BCUT2D eigenvalue weighted by Gasteiger charge is -2.36. The molecule has 0 radical (unpaired) electrons. The summed E-state index contributed by atoms with van der Waals surface area (Å²) >= 11 is 1.90. The number of hydrogen-bond acceptors (Lipinski definition) is 5. The van der Waals surface area contributed by atoms with Crippen LogP contribution in [0.1, 0.15) is 199 Å². The van der Waals surface area contributed by atoms with Gasteiger partial charge in [0, 0.05) is 5.54 Å². The standard InChI is InChI=1S/C41H73NO4S/c1-9-13-17-19-21-28-40(7,27-16-12-4)39(45)46-34(6)31-33(5)32-47-37(35-23-25-36(26-24-35)38(43)44)42-41(8,29-20-15-11-3)30-22-18-14-10-2/h23-26,33-34,37,42H,9-22,27-32H2,1-8H3,(H,43,44). The number of carboxylic acid groups (broad SMARTS) is 1. The summed E-state index contributed by atoms with van der Waals surface area (Å²) in [4.78, 5) is 25.1. The average molecular weight is 676 g/mol. The molecule has 5 atom stereocenters. The van der Waals surface area contributed by atoms with Crippen molar-refractivity contribution in [3.8, 4) is 0 Å². The summed E-state index contributed by atoms with van der Waals surface area (Å²) in [6.45, 7) is 17.8. The van der Waals surface area contributed by atoms with Crippen molar-refractivity contribution in [2.24, 2.45) is 11.3 Å². The van der Waals surface area contributed by atoms with Crippen LogP contribution in [-0.4, -0.2) is 34.4 Å². The van der Waals surface area contributed by atoms with Crippen molar-refractivity contribution in [2.75, 3.05) is 5.75 Å². The largest absolute Gasteiger partial charge is 0.478 e. The smallest absolute Gasteiger partial charge is 0.335 e. The molecule has 0 aliphatic heterocycles. The monoisotopic (exact) mass is 676 g/mol. The minimum absolute atomic E-state index is 0.0115. The zero-order valence-electron chi connectivity index (χ0n) is 31.8. The molecule has 6 heteroatoms. The number of rotatable bonds is 29. The number of thioether (sulfide) groups is 1. The first kappa shape index (κ1) is 43.5. The molecule has 0 heterocycles. The van der Waals surface area contributed by atoms with E-state index in [1.54, 1.807) is 12.1 Å². The van der Waals surface area contributed by atoms with Crippen LogP contribution in [0.3, 0.4) is 0 Å². The third kappa shape index (κ3) is 18.2. The number of esters is 1. The number of benzene rings is 1. The van der Waals surface area contributed by atoms with Crippen LogP contribution in [0.2, 0.25) is 0 Å². The maximum atomic E-state index is 13.5. The van der Waals surface area contributed by atoms with Gasteiger partial charge in [-0.2, -0.15) is 0 Å². The molecule has 1 aromatic rings. The zero-order chi connectivity index (χ0) is 35.1. The Morgan fingerprint density at radius 1 is 0.745 bits per heavy atom. The van der Waals surface area contributed by atoms with Crippen LogP contribution in [0.15, 0.2) is 24.3 Å². The molecule has 272 valence electrons. The molecule has 5 nitrogen and oxygen atoms in total. The summed E-state index contributed by atoms with van der Waals surface area (Å²) in [5.41, 5.74) is 1.05. The SMILES string of the molecule is CCCCCCCC(C)(CCCC)C(=O)OC(C)CC(C)CSC(NC(C)(CCCCC)CCCCCC)c1ccc(C(=O)O)cc1. The minimum Gasteiger partial charge on any atom is -0.478 e. The summed E-state index contributed by atoms with van der Waals surface area (Å²) < 4.78 is 6.17. The van der Waals surface area contributed by atoms with Gasteiger partial charge in [0.1, 0.15) is 0 Å². The maximum absolute atomic E-state index is 13.5. The first-order chi connectivity index (χ1) is 22.4. The van der Waals surface area contributed by atoms with Crippen LogP contribution < -0.4 is 5.32 Å². The van der Waals surface area contributed by atoms with Crippen LogP contribution >= 0.6 is 11.8 Å². The number of unbranched alkanes of at least 4 members (excludes halogenated alkanes) is 10. The van der Waals surface area contributed by atoms with Crippen LogP contribution in [0.25, 0.3) is 0 Å². The van der Waals surface area contributed by atoms with Gasteiger partial charge in [-0.25, -0.2) is 4.79 Å². The second-order valence-electron chi connectivity index (χ2n) is 15.0. The minimum atomic E-state index is -0.895. The fourth-order valence-electron chi connectivity index (χ4n) is 6.60. The van der Waals surface area contributed by atoms with E-state index in [4.69, 9.17) is 4.74 Å². The van der Waals surface area contributed by atoms with E-state index in [1.165, 1.54) is 70.6 Å². The molecule has 5 unspecified atom stereocenters. The molecule has 0 amide bonds. The van der Waals surface area contributed by atoms with E-state index >= 15 is 0 Å². The predicted molar refractivity (Wildman–Crippen MR) is 203 cm³/mol. The number of nitrogens with one attached hydrogen (secondary N) is 1. The molecule has 0 bridgehead atoms. The van der Waals surface area contributed by atoms with Gasteiger partial charge in [-0.1, -0.05) is 137 Å². The summed E-state index contributed by atoms with van der Waals surface area (Å²) in [6.07, 6.45) is 21.6. The van der Waals surface area contributed by atoms with Crippen molar-refractivity contribution in [3.63, 3.8) is 0 Å². The van der Waals surface area contributed by atoms with Gasteiger partial charge in [0.2, 0.25) is 0 Å². The van der Waals surface area contributed by atoms with Crippen LogP contribution in [0, 0.1) is 11.3 Å². The molecule has 0 aliphatic rings. The van der Waals surface area contributed by atoms with Crippen molar-refractivity contribution in [3.05, 3.63) is 35.4 Å². The average Bonchev–Trinajstić information content (AvgIpc) is 3.04. The fourth-order valence-corrected chi connectivity index (χ4v) is 7.97. The molecule has 2 N–H and O–H groups in total. The number of aromatic carboxylic acids is 1. The molecule has 0 saturated carbocycles. The van der Waals surface area contributed by atoms with Crippen LogP contribution in [0.4, 0.5) is 0 Å². The molecule has 0 saturated heterocycles. The van der Waals surface area contributed by atoms with Crippen LogP contribution in [0.5, 0.6) is 0 Å². The Morgan fingerprint density at radius 3 is 1.81 bits per heavy atom. The lowest BCUT2D eigenvalue weighted by atomic mass is 9.80. The molecule has 0 spiro atoms. The number of carbonyl (C=O) groups excluding carboxylic acids is 1. The van der Waals surface area contributed by atoms with Crippen molar-refractivity contribution in [2.45, 2.75) is 194 Å². The van der Waals surface area contributed by atoms with E-state index in [2.05, 4.69) is 60.7 Å². The van der Waals surface area contributed by atoms with Crippen LogP contribution in [-0.2, 0) is 9.53 Å².